The third-order valence-electron chi connectivity index (χ3n) is 4.12. The number of likely N-dealkylation sites (N-methyl/N-ethyl adjacent to an activating group) is 1. The molecule has 0 atom stereocenters. The Morgan fingerprint density at radius 1 is 1.04 bits per heavy atom. The fourth-order valence-electron chi connectivity index (χ4n) is 2.56. The molecule has 2 heterocycles. The molecule has 2 aromatic rings. The molecular formula is C17H21N5O. The number of nitrogens with zero attached hydrogens (tertiary/aromatic N) is 5. The topological polar surface area (TPSA) is 52.6 Å². The normalized spacial score (nSPS) is 15.5. The number of rotatable bonds is 3. The van der Waals surface area contributed by atoms with E-state index in [0.717, 1.165) is 31.9 Å². The third kappa shape index (κ3) is 3.48. The molecule has 0 N–H and O–H groups in total. The average Bonchev–Trinajstić information content (AvgIpc) is 2.62. The van der Waals surface area contributed by atoms with Crippen LogP contribution in [0.3, 0.4) is 0 Å². The minimum atomic E-state index is -0.110. The Kier molecular flexibility index (Phi) is 4.52. The van der Waals surface area contributed by atoms with Gasteiger partial charge in [-0.2, -0.15) is 0 Å². The number of carbonyl (C=O) groups is 1. The zero-order chi connectivity index (χ0) is 16.2. The van der Waals surface area contributed by atoms with Gasteiger partial charge in [-0.25, -0.2) is 9.97 Å². The van der Waals surface area contributed by atoms with Crippen molar-refractivity contribution in [3.63, 3.8) is 0 Å². The first-order chi connectivity index (χ1) is 11.1. The van der Waals surface area contributed by atoms with Crippen LogP contribution in [0.15, 0.2) is 42.7 Å². The second kappa shape index (κ2) is 6.75. The smallest absolute Gasteiger partial charge is 0.261 e. The van der Waals surface area contributed by atoms with Gasteiger partial charge >= 0.3 is 0 Å². The van der Waals surface area contributed by atoms with Crippen LogP contribution in [-0.4, -0.2) is 61.0 Å². The molecule has 0 spiro atoms. The van der Waals surface area contributed by atoms with E-state index in [4.69, 9.17) is 0 Å². The molecule has 0 unspecified atom stereocenters. The highest BCUT2D eigenvalue weighted by molar-refractivity contribution is 6.05. The highest BCUT2D eigenvalue weighted by atomic mass is 16.2. The molecule has 1 aromatic carbocycles. The fourth-order valence-corrected chi connectivity index (χ4v) is 2.56. The van der Waals surface area contributed by atoms with E-state index in [1.807, 2.05) is 30.3 Å². The molecule has 0 aliphatic carbocycles. The Labute approximate surface area is 136 Å². The summed E-state index contributed by atoms with van der Waals surface area (Å²) in [5.41, 5.74) is 1.34. The van der Waals surface area contributed by atoms with Crippen molar-refractivity contribution in [3.8, 4) is 0 Å². The third-order valence-corrected chi connectivity index (χ3v) is 4.12. The van der Waals surface area contributed by atoms with E-state index in [9.17, 15) is 4.79 Å². The van der Waals surface area contributed by atoms with Gasteiger partial charge in [0.1, 0.15) is 0 Å². The highest BCUT2D eigenvalue weighted by Gasteiger charge is 2.18. The summed E-state index contributed by atoms with van der Waals surface area (Å²) in [6.45, 7) is 3.82. The van der Waals surface area contributed by atoms with Gasteiger partial charge in [0.15, 0.2) is 0 Å². The lowest BCUT2D eigenvalue weighted by Gasteiger charge is -2.32. The van der Waals surface area contributed by atoms with E-state index < -0.39 is 0 Å². The van der Waals surface area contributed by atoms with Crippen molar-refractivity contribution in [3.05, 3.63) is 48.3 Å². The summed E-state index contributed by atoms with van der Waals surface area (Å²) >= 11 is 0. The van der Waals surface area contributed by atoms with Crippen molar-refractivity contribution in [2.24, 2.45) is 0 Å². The molecule has 120 valence electrons. The summed E-state index contributed by atoms with van der Waals surface area (Å²) < 4.78 is 0. The average molecular weight is 311 g/mol. The van der Waals surface area contributed by atoms with Crippen molar-refractivity contribution in [1.82, 2.24) is 14.9 Å². The van der Waals surface area contributed by atoms with Crippen molar-refractivity contribution < 1.29 is 4.79 Å². The van der Waals surface area contributed by atoms with Crippen LogP contribution in [0.5, 0.6) is 0 Å². The van der Waals surface area contributed by atoms with Crippen LogP contribution in [0.2, 0.25) is 0 Å². The quantitative estimate of drug-likeness (QED) is 0.860. The van der Waals surface area contributed by atoms with Gasteiger partial charge in [-0.3, -0.25) is 4.79 Å². The molecule has 1 saturated heterocycles. The molecule has 6 heteroatoms. The number of piperazine rings is 1. The Hall–Kier alpha value is -2.47. The maximum atomic E-state index is 12.5. The zero-order valence-electron chi connectivity index (χ0n) is 13.5. The van der Waals surface area contributed by atoms with Gasteiger partial charge in [0.25, 0.3) is 5.91 Å². The van der Waals surface area contributed by atoms with Crippen molar-refractivity contribution in [2.45, 2.75) is 0 Å². The van der Waals surface area contributed by atoms with Gasteiger partial charge in [0.2, 0.25) is 5.95 Å². The summed E-state index contributed by atoms with van der Waals surface area (Å²) in [5, 5.41) is 0. The van der Waals surface area contributed by atoms with E-state index in [1.165, 1.54) is 0 Å². The van der Waals surface area contributed by atoms with Crippen molar-refractivity contribution in [2.75, 3.05) is 50.1 Å². The number of anilines is 2. The first-order valence-electron chi connectivity index (χ1n) is 7.74. The van der Waals surface area contributed by atoms with E-state index in [2.05, 4.69) is 26.8 Å². The van der Waals surface area contributed by atoms with Crippen LogP contribution < -0.4 is 9.80 Å². The summed E-state index contributed by atoms with van der Waals surface area (Å²) in [4.78, 5) is 27.3. The van der Waals surface area contributed by atoms with Crippen LogP contribution >= 0.6 is 0 Å². The molecule has 0 radical (unpaired) electrons. The van der Waals surface area contributed by atoms with Gasteiger partial charge in [-0.1, -0.05) is 18.2 Å². The van der Waals surface area contributed by atoms with Crippen LogP contribution in [0.1, 0.15) is 10.4 Å². The van der Waals surface area contributed by atoms with Crippen molar-refractivity contribution >= 4 is 17.5 Å². The number of hydrogen-bond acceptors (Lipinski definition) is 5. The van der Waals surface area contributed by atoms with E-state index in [0.29, 0.717) is 11.5 Å². The predicted molar refractivity (Wildman–Crippen MR) is 90.9 cm³/mol. The molecular weight excluding hydrogens is 290 g/mol. The molecule has 23 heavy (non-hydrogen) atoms. The first-order valence-corrected chi connectivity index (χ1v) is 7.74. The molecule has 1 aliphatic heterocycles. The number of amides is 1. The Balaban J connectivity index is 1.70. The maximum Gasteiger partial charge on any atom is 0.261 e. The molecule has 3 rings (SSSR count). The Morgan fingerprint density at radius 3 is 2.26 bits per heavy atom. The molecule has 1 amide bonds. The maximum absolute atomic E-state index is 12.5. The van der Waals surface area contributed by atoms with Crippen LogP contribution in [0.4, 0.5) is 11.6 Å². The lowest BCUT2D eigenvalue weighted by atomic mass is 10.2. The summed E-state index contributed by atoms with van der Waals surface area (Å²) in [5.74, 6) is 0.582. The number of carbonyl (C=O) groups excluding carboxylic acids is 1. The van der Waals surface area contributed by atoms with Gasteiger partial charge in [-0.15, -0.1) is 0 Å². The Morgan fingerprint density at radius 2 is 1.65 bits per heavy atom. The number of aromatic nitrogens is 2. The molecule has 6 nitrogen and oxygen atoms in total. The van der Waals surface area contributed by atoms with Gasteiger partial charge in [0.05, 0.1) is 5.56 Å². The lowest BCUT2D eigenvalue weighted by molar-refractivity contribution is 0.0992. The minimum absolute atomic E-state index is 0.110. The number of benzene rings is 1. The van der Waals surface area contributed by atoms with Gasteiger partial charge in [0, 0.05) is 51.3 Å². The Bertz CT molecular complexity index is 650. The summed E-state index contributed by atoms with van der Waals surface area (Å²) in [6, 6.07) is 9.54. The van der Waals surface area contributed by atoms with Crippen LogP contribution in [0, 0.1) is 0 Å². The lowest BCUT2D eigenvalue weighted by Crippen LogP contribution is -2.45. The second-order valence-corrected chi connectivity index (χ2v) is 5.76. The summed E-state index contributed by atoms with van der Waals surface area (Å²) in [6.07, 6.45) is 3.23. The SMILES string of the molecule is CN1CCN(c2ncc(C(=O)N(C)c3ccccc3)cn2)CC1. The van der Waals surface area contributed by atoms with Crippen LogP contribution in [0.25, 0.3) is 0 Å². The number of hydrogen-bond donors (Lipinski definition) is 0. The van der Waals surface area contributed by atoms with E-state index in [-0.39, 0.29) is 5.91 Å². The highest BCUT2D eigenvalue weighted by Crippen LogP contribution is 2.15. The zero-order valence-corrected chi connectivity index (χ0v) is 13.5. The molecule has 1 fully saturated rings. The molecule has 0 bridgehead atoms. The standard InChI is InChI=1S/C17H21N5O/c1-20-8-10-22(11-9-20)17-18-12-14(13-19-17)16(23)21(2)15-6-4-3-5-7-15/h3-7,12-13H,8-11H2,1-2H3. The molecule has 0 saturated carbocycles. The van der Waals surface area contributed by atoms with E-state index >= 15 is 0 Å². The van der Waals surface area contributed by atoms with Crippen LogP contribution in [-0.2, 0) is 0 Å². The predicted octanol–water partition coefficient (Wildman–Crippen LogP) is 1.50. The van der Waals surface area contributed by atoms with E-state index in [1.54, 1.807) is 24.3 Å². The second-order valence-electron chi connectivity index (χ2n) is 5.76. The van der Waals surface area contributed by atoms with Gasteiger partial charge in [-0.05, 0) is 19.2 Å². The number of para-hydroxylation sites is 1. The minimum Gasteiger partial charge on any atom is -0.338 e. The largest absolute Gasteiger partial charge is 0.338 e. The molecule has 1 aliphatic rings. The molecule has 1 aromatic heterocycles. The first kappa shape index (κ1) is 15.4. The van der Waals surface area contributed by atoms with Crippen molar-refractivity contribution in [1.29, 1.82) is 0 Å². The van der Waals surface area contributed by atoms with Gasteiger partial charge < -0.3 is 14.7 Å². The monoisotopic (exact) mass is 311 g/mol. The summed E-state index contributed by atoms with van der Waals surface area (Å²) in [7, 11) is 3.87. The fraction of sp³-hybridized carbons (Fsp3) is 0.353.